The maximum atomic E-state index is 13.7. The molecular weight excluding hydrogens is 742 g/mol. The average molecular weight is 771 g/mol. The van der Waals surface area contributed by atoms with E-state index in [0.29, 0.717) is 32.8 Å². The molecule has 50 heavy (non-hydrogen) atoms. The maximum Gasteiger partial charge on any atom is 0.267 e. The molecule has 1 saturated heterocycles. The van der Waals surface area contributed by atoms with Crippen molar-refractivity contribution in [1.82, 2.24) is 4.90 Å². The second kappa shape index (κ2) is 15.5. The van der Waals surface area contributed by atoms with E-state index in [1.54, 1.807) is 42.6 Å². The number of primary sulfonamides is 1. The summed E-state index contributed by atoms with van der Waals surface area (Å²) < 4.78 is 35.1. The van der Waals surface area contributed by atoms with Crippen molar-refractivity contribution in [3.05, 3.63) is 142 Å². The number of carbonyl (C=O) groups excluding carboxylic acids is 2. The van der Waals surface area contributed by atoms with Gasteiger partial charge in [0, 0.05) is 15.7 Å². The fraction of sp³-hybridized carbons (Fsp3) is 0.0556. The Morgan fingerprint density at radius 3 is 2.40 bits per heavy atom. The van der Waals surface area contributed by atoms with E-state index in [-0.39, 0.29) is 24.0 Å². The highest BCUT2D eigenvalue weighted by atomic mass is 79.9. The number of nitrogens with two attached hydrogens (primary N) is 1. The number of ether oxygens (including phenoxy) is 1. The lowest BCUT2D eigenvalue weighted by Crippen LogP contribution is -2.28. The van der Waals surface area contributed by atoms with Crippen molar-refractivity contribution in [2.45, 2.75) is 11.4 Å². The van der Waals surface area contributed by atoms with Gasteiger partial charge in [0.15, 0.2) is 11.8 Å². The molecule has 6 rings (SSSR count). The van der Waals surface area contributed by atoms with E-state index in [0.717, 1.165) is 32.9 Å². The lowest BCUT2D eigenvalue weighted by molar-refractivity contribution is -0.122. The number of hydrogen-bond donors (Lipinski definition) is 2. The van der Waals surface area contributed by atoms with Gasteiger partial charge in [0.2, 0.25) is 10.0 Å². The van der Waals surface area contributed by atoms with Crippen LogP contribution in [0.2, 0.25) is 0 Å². The molecule has 1 aliphatic rings. The molecule has 11 nitrogen and oxygen atoms in total. The summed E-state index contributed by atoms with van der Waals surface area (Å²) in [6.45, 7) is -0.204. The number of hydrogen-bond acceptors (Lipinski definition) is 9. The number of anilines is 1. The van der Waals surface area contributed by atoms with Gasteiger partial charge < -0.3 is 14.5 Å². The zero-order valence-corrected chi connectivity index (χ0v) is 29.3. The van der Waals surface area contributed by atoms with Crippen molar-refractivity contribution in [3.8, 4) is 16.9 Å². The minimum absolute atomic E-state index is 0.0739. The third-order valence-electron chi connectivity index (χ3n) is 7.23. The molecule has 0 unspecified atom stereocenters. The summed E-state index contributed by atoms with van der Waals surface area (Å²) in [6.07, 6.45) is 4.83. The summed E-state index contributed by atoms with van der Waals surface area (Å²) in [4.78, 5) is 28.1. The molecule has 5 aromatic rings. The van der Waals surface area contributed by atoms with E-state index >= 15 is 0 Å². The van der Waals surface area contributed by atoms with E-state index in [1.807, 2.05) is 54.6 Å². The van der Waals surface area contributed by atoms with Gasteiger partial charge in [-0.3, -0.25) is 14.5 Å². The lowest BCUT2D eigenvalue weighted by atomic mass is 10.0. The second-order valence-electron chi connectivity index (χ2n) is 10.8. The van der Waals surface area contributed by atoms with E-state index in [2.05, 4.69) is 31.4 Å². The van der Waals surface area contributed by atoms with Crippen LogP contribution in [-0.4, -0.2) is 43.1 Å². The summed E-state index contributed by atoms with van der Waals surface area (Å²) in [5, 5.41) is 16.8. The van der Waals surface area contributed by atoms with E-state index < -0.39 is 15.9 Å². The molecule has 1 aliphatic heterocycles. The molecule has 252 valence electrons. The highest BCUT2D eigenvalue weighted by molar-refractivity contribution is 9.10. The normalized spacial score (nSPS) is 14.9. The second-order valence-corrected chi connectivity index (χ2v) is 14.3. The van der Waals surface area contributed by atoms with Gasteiger partial charge in [-0.1, -0.05) is 70.5 Å². The molecule has 4 aromatic carbocycles. The van der Waals surface area contributed by atoms with Gasteiger partial charge in [-0.15, -0.1) is 5.10 Å². The zero-order chi connectivity index (χ0) is 35.1. The first-order chi connectivity index (χ1) is 24.1. The van der Waals surface area contributed by atoms with Crippen LogP contribution in [0.3, 0.4) is 0 Å². The van der Waals surface area contributed by atoms with E-state index in [9.17, 15) is 18.0 Å². The molecule has 3 N–H and O–H groups in total. The summed E-state index contributed by atoms with van der Waals surface area (Å²) in [5.74, 6) is 0.144. The van der Waals surface area contributed by atoms with Crippen molar-refractivity contribution in [2.75, 3.05) is 11.9 Å². The van der Waals surface area contributed by atoms with Crippen LogP contribution in [0.25, 0.3) is 17.2 Å². The van der Waals surface area contributed by atoms with Crippen LogP contribution in [-0.2, 0) is 26.2 Å². The summed E-state index contributed by atoms with van der Waals surface area (Å²) in [5.41, 5.74) is 3.95. The van der Waals surface area contributed by atoms with Crippen molar-refractivity contribution < 1.29 is 27.2 Å². The van der Waals surface area contributed by atoms with Crippen molar-refractivity contribution >= 4 is 72.7 Å². The molecule has 1 fully saturated rings. The SMILES string of the molecule is NS(=O)(=O)c1ccc(NC(=O)COc2ccc(Br)cc2/C=C2\S/C(=N\N=C\c3ccc(-c4ccccc4)cc3)N(Cc3ccco3)C2=O)cc1. The first kappa shape index (κ1) is 34.6. The number of amides is 2. The highest BCUT2D eigenvalue weighted by Crippen LogP contribution is 2.36. The third-order valence-corrected chi connectivity index (χ3v) is 9.65. The lowest BCUT2D eigenvalue weighted by Gasteiger charge is -2.13. The highest BCUT2D eigenvalue weighted by Gasteiger charge is 2.34. The zero-order valence-electron chi connectivity index (χ0n) is 26.1. The minimum Gasteiger partial charge on any atom is -0.483 e. The Bertz CT molecular complexity index is 2210. The number of sulfonamides is 1. The van der Waals surface area contributed by atoms with Crippen LogP contribution in [0.15, 0.2) is 144 Å². The number of furan rings is 1. The Kier molecular flexibility index (Phi) is 10.7. The monoisotopic (exact) mass is 769 g/mol. The average Bonchev–Trinajstić information content (AvgIpc) is 3.73. The number of nitrogens with zero attached hydrogens (tertiary/aromatic N) is 3. The minimum atomic E-state index is -3.86. The molecule has 2 amide bonds. The smallest absolute Gasteiger partial charge is 0.267 e. The quantitative estimate of drug-likeness (QED) is 0.0843. The number of rotatable bonds is 11. The Morgan fingerprint density at radius 2 is 1.70 bits per heavy atom. The molecule has 0 aliphatic carbocycles. The van der Waals surface area contributed by atoms with Gasteiger partial charge in [-0.25, -0.2) is 13.6 Å². The van der Waals surface area contributed by atoms with Crippen LogP contribution < -0.4 is 15.2 Å². The van der Waals surface area contributed by atoms with Crippen molar-refractivity contribution in [3.63, 3.8) is 0 Å². The van der Waals surface area contributed by atoms with Gasteiger partial charge in [-0.2, -0.15) is 5.10 Å². The fourth-order valence-electron chi connectivity index (χ4n) is 4.79. The van der Waals surface area contributed by atoms with Gasteiger partial charge in [0.25, 0.3) is 11.8 Å². The molecule has 0 spiro atoms. The molecule has 0 saturated carbocycles. The molecular formula is C36H28BrN5O6S2. The summed E-state index contributed by atoms with van der Waals surface area (Å²) in [7, 11) is -3.86. The first-order valence-corrected chi connectivity index (χ1v) is 18.1. The van der Waals surface area contributed by atoms with Crippen LogP contribution >= 0.6 is 27.7 Å². The fourth-order valence-corrected chi connectivity index (χ4v) is 6.61. The molecule has 1 aromatic heterocycles. The summed E-state index contributed by atoms with van der Waals surface area (Å²) in [6, 6.07) is 32.1. The number of halogens is 1. The topological polar surface area (TPSA) is 157 Å². The van der Waals surface area contributed by atoms with Gasteiger partial charge in [-0.05, 0) is 89.1 Å². The number of benzene rings is 4. The number of thioether (sulfide) groups is 1. The molecule has 0 bridgehead atoms. The predicted molar refractivity (Wildman–Crippen MR) is 198 cm³/mol. The Morgan fingerprint density at radius 1 is 0.960 bits per heavy atom. The standard InChI is InChI=1S/C36H28BrN5O6S2/c37-28-12-17-32(48-23-34(43)40-29-13-15-31(16-14-29)50(38,45)46)27(19-28)20-33-35(44)42(22-30-7-4-18-47-30)36(49-33)41-39-21-24-8-10-26(11-9-24)25-5-2-1-3-6-25/h1-21H,22-23H2,(H,40,43)(H2,38,45,46)/b33-20-,39-21+,41-36-. The van der Waals surface area contributed by atoms with E-state index in [4.69, 9.17) is 14.3 Å². The number of nitrogens with one attached hydrogen (secondary N) is 1. The van der Waals surface area contributed by atoms with Crippen LogP contribution in [0.5, 0.6) is 5.75 Å². The number of amidine groups is 1. The number of carbonyl (C=O) groups is 2. The third kappa shape index (κ3) is 8.84. The Labute approximate surface area is 300 Å². The molecule has 2 heterocycles. The van der Waals surface area contributed by atoms with E-state index in [1.165, 1.54) is 35.4 Å². The Balaban J connectivity index is 1.18. The van der Waals surface area contributed by atoms with Crippen molar-refractivity contribution in [2.24, 2.45) is 15.3 Å². The first-order valence-electron chi connectivity index (χ1n) is 15.0. The van der Waals surface area contributed by atoms with Crippen molar-refractivity contribution in [1.29, 1.82) is 0 Å². The predicted octanol–water partition coefficient (Wildman–Crippen LogP) is 6.88. The largest absolute Gasteiger partial charge is 0.483 e. The molecule has 14 heteroatoms. The van der Waals surface area contributed by atoms with Gasteiger partial charge in [0.1, 0.15) is 11.5 Å². The molecule has 0 atom stereocenters. The van der Waals surface area contributed by atoms with Crippen LogP contribution in [0, 0.1) is 0 Å². The van der Waals surface area contributed by atoms with Crippen LogP contribution in [0.1, 0.15) is 16.9 Å². The van der Waals surface area contributed by atoms with Crippen LogP contribution in [0.4, 0.5) is 5.69 Å². The summed E-state index contributed by atoms with van der Waals surface area (Å²) >= 11 is 4.62. The maximum absolute atomic E-state index is 13.7. The van der Waals surface area contributed by atoms with Gasteiger partial charge in [0.05, 0.1) is 28.8 Å². The van der Waals surface area contributed by atoms with Gasteiger partial charge >= 0.3 is 0 Å². The molecule has 0 radical (unpaired) electrons. The Hall–Kier alpha value is -5.28.